The van der Waals surface area contributed by atoms with E-state index in [0.29, 0.717) is 12.8 Å². The zero-order valence-electron chi connectivity index (χ0n) is 18.9. The van der Waals surface area contributed by atoms with Crippen molar-refractivity contribution in [3.05, 3.63) is 43.1 Å². The number of hydrogen-bond donors (Lipinski definition) is 3. The highest BCUT2D eigenvalue weighted by Crippen LogP contribution is 2.40. The Hall–Kier alpha value is -2.81. The number of H-pyrrole nitrogens is 1. The molecule has 1 aromatic rings. The van der Waals surface area contributed by atoms with Gasteiger partial charge in [0.05, 0.1) is 23.4 Å². The molecule has 0 radical (unpaired) electrons. The van der Waals surface area contributed by atoms with Gasteiger partial charge in [0.25, 0.3) is 5.56 Å². The standard InChI is InChI=1S/C21H24F7N5O3/c1-36-17-15-12(18(34)31-19(35)33(15)9-2-3-9)14(30)13(22)16(17)32-5-4-8(7-32)10(29)6-11(20(23,24)25)21(26,27)28/h6,8-10,13,16H,2-5,7,29-30H2,1H3,(H,31,34,35). The van der Waals surface area contributed by atoms with Crippen LogP contribution in [0.2, 0.25) is 0 Å². The fourth-order valence-corrected chi connectivity index (χ4v) is 4.95. The van der Waals surface area contributed by atoms with Crippen LogP contribution in [0.25, 0.3) is 11.5 Å². The highest BCUT2D eigenvalue weighted by molar-refractivity contribution is 5.60. The quantitative estimate of drug-likeness (QED) is 0.370. The molecule has 0 aromatic carbocycles. The molecule has 8 nitrogen and oxygen atoms in total. The van der Waals surface area contributed by atoms with E-state index in [-0.39, 0.29) is 48.0 Å². The first-order valence-electron chi connectivity index (χ1n) is 11.1. The van der Waals surface area contributed by atoms with Crippen molar-refractivity contribution >= 4 is 11.5 Å². The molecule has 4 atom stereocenters. The maximum atomic E-state index is 15.6. The lowest BCUT2D eigenvalue weighted by Gasteiger charge is -2.34. The summed E-state index contributed by atoms with van der Waals surface area (Å²) in [6.07, 6.45) is -12.0. The van der Waals surface area contributed by atoms with Crippen LogP contribution >= 0.6 is 0 Å². The maximum absolute atomic E-state index is 15.6. The average Bonchev–Trinajstić information content (AvgIpc) is 3.47. The summed E-state index contributed by atoms with van der Waals surface area (Å²) in [5, 5.41) is -0.216. The number of rotatable bonds is 5. The van der Waals surface area contributed by atoms with Crippen LogP contribution in [-0.2, 0) is 4.74 Å². The van der Waals surface area contributed by atoms with Gasteiger partial charge in [-0.25, -0.2) is 9.18 Å². The predicted octanol–water partition coefficient (Wildman–Crippen LogP) is 0.114. The molecule has 5 N–H and O–H groups in total. The van der Waals surface area contributed by atoms with Crippen LogP contribution in [-0.4, -0.2) is 65.3 Å². The van der Waals surface area contributed by atoms with E-state index in [1.54, 1.807) is 0 Å². The molecule has 2 heterocycles. The van der Waals surface area contributed by atoms with Crippen LogP contribution in [0.5, 0.6) is 0 Å². The summed E-state index contributed by atoms with van der Waals surface area (Å²) in [7, 11) is 1.21. The fourth-order valence-electron chi connectivity index (χ4n) is 4.95. The highest BCUT2D eigenvalue weighted by atomic mass is 19.4. The van der Waals surface area contributed by atoms with Gasteiger partial charge in [-0.15, -0.1) is 0 Å². The number of ether oxygens (including phenoxy) is 1. The molecule has 4 unspecified atom stereocenters. The molecule has 0 spiro atoms. The van der Waals surface area contributed by atoms with E-state index in [9.17, 15) is 35.9 Å². The Balaban J connectivity index is 1.74. The molecule has 1 saturated heterocycles. The van der Waals surface area contributed by atoms with E-state index in [4.69, 9.17) is 16.2 Å². The lowest BCUT2D eigenvalue weighted by atomic mass is 9.96. The van der Waals surface area contributed by atoms with Crippen molar-refractivity contribution in [3.8, 4) is 0 Å². The predicted molar refractivity (Wildman–Crippen MR) is 113 cm³/mol. The summed E-state index contributed by atoms with van der Waals surface area (Å²) >= 11 is 0. The molecule has 0 amide bonds. The molecule has 4 rings (SSSR count). The van der Waals surface area contributed by atoms with E-state index >= 15 is 4.39 Å². The van der Waals surface area contributed by atoms with Crippen molar-refractivity contribution in [1.82, 2.24) is 14.5 Å². The first kappa shape index (κ1) is 26.3. The normalized spacial score (nSPS) is 26.1. The molecule has 36 heavy (non-hydrogen) atoms. The van der Waals surface area contributed by atoms with E-state index in [1.165, 1.54) is 16.6 Å². The minimum Gasteiger partial charge on any atom is -0.497 e. The molecular formula is C21H24F7N5O3. The molecule has 2 aliphatic carbocycles. The van der Waals surface area contributed by atoms with E-state index in [1.807, 2.05) is 0 Å². The number of halogens is 7. The van der Waals surface area contributed by atoms with Gasteiger partial charge < -0.3 is 16.2 Å². The zero-order chi connectivity index (χ0) is 26.7. The number of nitrogens with two attached hydrogens (primary N) is 2. The molecule has 1 aliphatic heterocycles. The maximum Gasteiger partial charge on any atom is 0.421 e. The largest absolute Gasteiger partial charge is 0.497 e. The summed E-state index contributed by atoms with van der Waals surface area (Å²) in [5.41, 5.74) is 6.95. The molecule has 3 aliphatic rings. The van der Waals surface area contributed by atoms with Crippen LogP contribution in [0, 0.1) is 5.92 Å². The van der Waals surface area contributed by atoms with Gasteiger partial charge in [-0.05, 0) is 31.7 Å². The van der Waals surface area contributed by atoms with E-state index in [2.05, 4.69) is 4.98 Å². The molecule has 1 saturated carbocycles. The van der Waals surface area contributed by atoms with Crippen LogP contribution in [0.15, 0.2) is 21.2 Å². The van der Waals surface area contributed by atoms with Gasteiger partial charge in [0.2, 0.25) is 0 Å². The van der Waals surface area contributed by atoms with Gasteiger partial charge in [0, 0.05) is 18.6 Å². The average molecular weight is 527 g/mol. The van der Waals surface area contributed by atoms with E-state index in [0.717, 1.165) is 0 Å². The number of nitrogens with one attached hydrogen (secondary N) is 1. The first-order valence-corrected chi connectivity index (χ1v) is 11.1. The van der Waals surface area contributed by atoms with Gasteiger partial charge in [0.15, 0.2) is 6.17 Å². The number of aromatic amines is 1. The van der Waals surface area contributed by atoms with Gasteiger partial charge in [0.1, 0.15) is 17.4 Å². The SMILES string of the molecule is COC1=c2c(c(=O)[nH]c(=O)n2C2CC2)=C(N)C(F)C1N1CCC(C(N)C=C(C(F)(F)F)C(F)(F)F)C1. The topological polar surface area (TPSA) is 119 Å². The van der Waals surface area contributed by atoms with Crippen molar-refractivity contribution in [2.75, 3.05) is 20.2 Å². The third kappa shape index (κ3) is 4.53. The Bertz CT molecular complexity index is 1290. The molecule has 1 aromatic heterocycles. The van der Waals surface area contributed by atoms with Gasteiger partial charge >= 0.3 is 18.0 Å². The molecule has 0 bridgehead atoms. The number of alkyl halides is 7. The van der Waals surface area contributed by atoms with Gasteiger partial charge in [-0.2, -0.15) is 26.3 Å². The summed E-state index contributed by atoms with van der Waals surface area (Å²) in [6.45, 7) is -0.116. The minimum atomic E-state index is -5.65. The van der Waals surface area contributed by atoms with Crippen LogP contribution < -0.4 is 33.3 Å². The Morgan fingerprint density at radius 3 is 2.28 bits per heavy atom. The van der Waals surface area contributed by atoms with Gasteiger partial charge in [-0.3, -0.25) is 19.2 Å². The van der Waals surface area contributed by atoms with Gasteiger partial charge in [-0.1, -0.05) is 6.08 Å². The molecule has 200 valence electrons. The first-order chi connectivity index (χ1) is 16.7. The second-order valence-corrected chi connectivity index (χ2v) is 9.15. The fraction of sp³-hybridized carbons (Fsp3) is 0.619. The number of allylic oxidation sites excluding steroid dienone is 1. The minimum absolute atomic E-state index is 0.0224. The lowest BCUT2D eigenvalue weighted by molar-refractivity contribution is -0.172. The number of aromatic nitrogens is 2. The third-order valence-corrected chi connectivity index (χ3v) is 6.80. The Labute approximate surface area is 198 Å². The smallest absolute Gasteiger partial charge is 0.421 e. The third-order valence-electron chi connectivity index (χ3n) is 6.80. The number of nitrogens with zero attached hydrogens (tertiary/aromatic N) is 2. The Kier molecular flexibility index (Phi) is 6.52. The molecule has 15 heteroatoms. The van der Waals surface area contributed by atoms with Crippen molar-refractivity contribution in [2.24, 2.45) is 17.4 Å². The zero-order valence-corrected chi connectivity index (χ0v) is 18.9. The number of likely N-dealkylation sites (tertiary alicyclic amines) is 1. The molecular weight excluding hydrogens is 503 g/mol. The van der Waals surface area contributed by atoms with Crippen LogP contribution in [0.1, 0.15) is 25.3 Å². The molecule has 2 fully saturated rings. The highest BCUT2D eigenvalue weighted by Gasteiger charge is 2.51. The summed E-state index contributed by atoms with van der Waals surface area (Å²) in [5.74, 6) is -0.944. The Morgan fingerprint density at radius 1 is 1.14 bits per heavy atom. The monoisotopic (exact) mass is 527 g/mol. The number of methoxy groups -OCH3 is 1. The van der Waals surface area contributed by atoms with Crippen molar-refractivity contribution in [1.29, 1.82) is 0 Å². The summed E-state index contributed by atoms with van der Waals surface area (Å²) in [6, 6.07) is -3.15. The van der Waals surface area contributed by atoms with Crippen LogP contribution in [0.4, 0.5) is 30.7 Å². The van der Waals surface area contributed by atoms with Crippen molar-refractivity contribution in [2.45, 2.75) is 55.9 Å². The van der Waals surface area contributed by atoms with Crippen molar-refractivity contribution < 1.29 is 35.5 Å². The second-order valence-electron chi connectivity index (χ2n) is 9.15. The van der Waals surface area contributed by atoms with E-state index < -0.39 is 59.0 Å². The summed E-state index contributed by atoms with van der Waals surface area (Å²) < 4.78 is 100.0. The number of fused-ring (bicyclic) bond motifs is 1. The number of hydrogen-bond acceptors (Lipinski definition) is 6. The lowest BCUT2D eigenvalue weighted by Crippen LogP contribution is -2.63. The Morgan fingerprint density at radius 2 is 1.75 bits per heavy atom. The summed E-state index contributed by atoms with van der Waals surface area (Å²) in [4.78, 5) is 28.6. The second kappa shape index (κ2) is 8.94. The van der Waals surface area contributed by atoms with Crippen LogP contribution in [0.3, 0.4) is 0 Å². The van der Waals surface area contributed by atoms with Crippen molar-refractivity contribution in [3.63, 3.8) is 0 Å².